The largest absolute Gasteiger partial charge is 0.444 e. The Hall–Kier alpha value is -2.24. The van der Waals surface area contributed by atoms with Crippen LogP contribution in [0.1, 0.15) is 40.0 Å². The number of carbonyl (C=O) groups is 2. The highest BCUT2D eigenvalue weighted by Crippen LogP contribution is 2.21. The number of hydrogen-bond donors (Lipinski definition) is 2. The first-order valence-corrected chi connectivity index (χ1v) is 8.45. The van der Waals surface area contributed by atoms with Gasteiger partial charge in [0.2, 0.25) is 5.91 Å². The molecule has 1 saturated heterocycles. The molecule has 132 valence electrons. The highest BCUT2D eigenvalue weighted by atomic mass is 16.6. The van der Waals surface area contributed by atoms with Crippen molar-refractivity contribution in [1.29, 1.82) is 0 Å². The van der Waals surface area contributed by atoms with Crippen LogP contribution in [0.5, 0.6) is 0 Å². The van der Waals surface area contributed by atoms with Gasteiger partial charge in [0.05, 0.1) is 0 Å². The van der Waals surface area contributed by atoms with Crippen LogP contribution in [0.25, 0.3) is 0 Å². The Morgan fingerprint density at radius 1 is 1.08 bits per heavy atom. The Balaban J connectivity index is 1.78. The number of alkyl carbamates (subject to hydrolysis) is 1. The molecule has 6 nitrogen and oxygen atoms in total. The Labute approximate surface area is 143 Å². The van der Waals surface area contributed by atoms with Crippen molar-refractivity contribution in [2.75, 3.05) is 29.9 Å². The first kappa shape index (κ1) is 18.1. The maximum atomic E-state index is 11.9. The number of nitrogens with one attached hydrogen (secondary N) is 2. The van der Waals surface area contributed by atoms with E-state index >= 15 is 0 Å². The minimum absolute atomic E-state index is 0.122. The lowest BCUT2D eigenvalue weighted by Gasteiger charge is -2.28. The summed E-state index contributed by atoms with van der Waals surface area (Å²) in [5.74, 6) is -0.286. The molecule has 1 fully saturated rings. The molecule has 1 aliphatic rings. The van der Waals surface area contributed by atoms with Crippen molar-refractivity contribution >= 4 is 23.4 Å². The van der Waals surface area contributed by atoms with E-state index in [0.717, 1.165) is 13.1 Å². The molecule has 1 aromatic rings. The predicted molar refractivity (Wildman–Crippen MR) is 95.4 cm³/mol. The van der Waals surface area contributed by atoms with Crippen LogP contribution in [0.3, 0.4) is 0 Å². The number of rotatable bonds is 4. The van der Waals surface area contributed by atoms with E-state index in [9.17, 15) is 9.59 Å². The molecule has 1 aromatic carbocycles. The molecule has 6 heteroatoms. The Bertz CT molecular complexity index is 558. The van der Waals surface area contributed by atoms with Crippen molar-refractivity contribution in [3.8, 4) is 0 Å². The van der Waals surface area contributed by atoms with Crippen molar-refractivity contribution in [3.05, 3.63) is 24.3 Å². The smallest absolute Gasteiger partial charge is 0.408 e. The second kappa shape index (κ2) is 8.04. The van der Waals surface area contributed by atoms with Gasteiger partial charge in [-0.3, -0.25) is 4.79 Å². The normalized spacial score (nSPS) is 14.9. The van der Waals surface area contributed by atoms with Gasteiger partial charge in [-0.1, -0.05) is 0 Å². The van der Waals surface area contributed by atoms with Gasteiger partial charge in [-0.25, -0.2) is 4.79 Å². The number of amides is 2. The first-order valence-electron chi connectivity index (χ1n) is 8.45. The number of nitrogens with zero attached hydrogens (tertiary/aromatic N) is 1. The zero-order chi connectivity index (χ0) is 17.6. The minimum Gasteiger partial charge on any atom is -0.444 e. The molecule has 0 spiro atoms. The fourth-order valence-electron chi connectivity index (χ4n) is 2.58. The maximum absolute atomic E-state index is 11.9. The summed E-state index contributed by atoms with van der Waals surface area (Å²) in [5.41, 5.74) is 1.32. The van der Waals surface area contributed by atoms with Gasteiger partial charge in [-0.15, -0.1) is 0 Å². The molecule has 0 atom stereocenters. The molecule has 1 aliphatic heterocycles. The highest BCUT2D eigenvalue weighted by molar-refractivity contribution is 5.94. The SMILES string of the molecule is CC(C)(C)OC(=O)NCC(=O)Nc1ccc(N2CCCCC2)cc1. The molecule has 24 heavy (non-hydrogen) atoms. The van der Waals surface area contributed by atoms with Crippen LogP contribution >= 0.6 is 0 Å². The zero-order valence-corrected chi connectivity index (χ0v) is 14.7. The molecule has 1 heterocycles. The van der Waals surface area contributed by atoms with E-state index in [2.05, 4.69) is 15.5 Å². The Morgan fingerprint density at radius 2 is 1.71 bits per heavy atom. The third kappa shape index (κ3) is 6.10. The summed E-state index contributed by atoms with van der Waals surface area (Å²) < 4.78 is 5.09. The predicted octanol–water partition coefficient (Wildman–Crippen LogP) is 3.14. The fourth-order valence-corrected chi connectivity index (χ4v) is 2.58. The number of anilines is 2. The highest BCUT2D eigenvalue weighted by Gasteiger charge is 2.16. The average Bonchev–Trinajstić information content (AvgIpc) is 2.53. The van der Waals surface area contributed by atoms with Gasteiger partial charge >= 0.3 is 6.09 Å². The van der Waals surface area contributed by atoms with Crippen LogP contribution in [-0.4, -0.2) is 37.2 Å². The average molecular weight is 333 g/mol. The van der Waals surface area contributed by atoms with Gasteiger partial charge < -0.3 is 20.3 Å². The lowest BCUT2D eigenvalue weighted by Crippen LogP contribution is -2.37. The second-order valence-corrected chi connectivity index (χ2v) is 7.00. The van der Waals surface area contributed by atoms with E-state index in [0.29, 0.717) is 5.69 Å². The van der Waals surface area contributed by atoms with E-state index in [1.807, 2.05) is 24.3 Å². The monoisotopic (exact) mass is 333 g/mol. The zero-order valence-electron chi connectivity index (χ0n) is 14.7. The summed E-state index contributed by atoms with van der Waals surface area (Å²) in [7, 11) is 0. The van der Waals surface area contributed by atoms with Crippen LogP contribution in [0.2, 0.25) is 0 Å². The summed E-state index contributed by atoms with van der Waals surface area (Å²) in [6.07, 6.45) is 3.16. The molecule has 0 aliphatic carbocycles. The van der Waals surface area contributed by atoms with Crippen LogP contribution in [0.15, 0.2) is 24.3 Å². The second-order valence-electron chi connectivity index (χ2n) is 7.00. The molecular weight excluding hydrogens is 306 g/mol. The van der Waals surface area contributed by atoms with Gasteiger partial charge in [0.1, 0.15) is 12.1 Å². The Kier molecular flexibility index (Phi) is 6.06. The third-order valence-electron chi connectivity index (χ3n) is 3.66. The molecular formula is C18H27N3O3. The first-order chi connectivity index (χ1) is 11.3. The van der Waals surface area contributed by atoms with Crippen molar-refractivity contribution in [1.82, 2.24) is 5.32 Å². The molecule has 2 rings (SSSR count). The molecule has 0 bridgehead atoms. The number of piperidine rings is 1. The lowest BCUT2D eigenvalue weighted by molar-refractivity contribution is -0.115. The fraction of sp³-hybridized carbons (Fsp3) is 0.556. The van der Waals surface area contributed by atoms with Gasteiger partial charge in [-0.05, 0) is 64.3 Å². The summed E-state index contributed by atoms with van der Waals surface area (Å²) >= 11 is 0. The summed E-state index contributed by atoms with van der Waals surface area (Å²) in [5, 5.41) is 5.20. The van der Waals surface area contributed by atoms with Gasteiger partial charge in [0.15, 0.2) is 0 Å². The molecule has 0 aromatic heterocycles. The molecule has 0 radical (unpaired) electrons. The van der Waals surface area contributed by atoms with E-state index in [1.165, 1.54) is 24.9 Å². The Morgan fingerprint density at radius 3 is 2.29 bits per heavy atom. The van der Waals surface area contributed by atoms with Gasteiger partial charge in [0, 0.05) is 24.5 Å². The van der Waals surface area contributed by atoms with Crippen LogP contribution in [-0.2, 0) is 9.53 Å². The minimum atomic E-state index is -0.599. The topological polar surface area (TPSA) is 70.7 Å². The van der Waals surface area contributed by atoms with Crippen LogP contribution in [0.4, 0.5) is 16.2 Å². The summed E-state index contributed by atoms with van der Waals surface area (Å²) in [6.45, 7) is 7.38. The lowest BCUT2D eigenvalue weighted by atomic mass is 10.1. The summed E-state index contributed by atoms with van der Waals surface area (Å²) in [4.78, 5) is 25.8. The van der Waals surface area contributed by atoms with E-state index in [4.69, 9.17) is 4.74 Å². The number of carbonyl (C=O) groups excluding carboxylic acids is 2. The van der Waals surface area contributed by atoms with E-state index in [1.54, 1.807) is 20.8 Å². The molecule has 0 unspecified atom stereocenters. The van der Waals surface area contributed by atoms with Crippen molar-refractivity contribution in [2.45, 2.75) is 45.6 Å². The van der Waals surface area contributed by atoms with Crippen LogP contribution in [0, 0.1) is 0 Å². The quantitative estimate of drug-likeness (QED) is 0.888. The van der Waals surface area contributed by atoms with Crippen molar-refractivity contribution < 1.29 is 14.3 Å². The van der Waals surface area contributed by atoms with E-state index in [-0.39, 0.29) is 12.5 Å². The van der Waals surface area contributed by atoms with Crippen molar-refractivity contribution in [3.63, 3.8) is 0 Å². The number of benzene rings is 1. The third-order valence-corrected chi connectivity index (χ3v) is 3.66. The van der Waals surface area contributed by atoms with Gasteiger partial charge in [0.25, 0.3) is 0 Å². The van der Waals surface area contributed by atoms with E-state index < -0.39 is 11.7 Å². The number of ether oxygens (including phenoxy) is 1. The molecule has 2 amide bonds. The van der Waals surface area contributed by atoms with Crippen LogP contribution < -0.4 is 15.5 Å². The van der Waals surface area contributed by atoms with Gasteiger partial charge in [-0.2, -0.15) is 0 Å². The number of hydrogen-bond acceptors (Lipinski definition) is 4. The van der Waals surface area contributed by atoms with Crippen molar-refractivity contribution in [2.24, 2.45) is 0 Å². The molecule has 2 N–H and O–H groups in total. The standard InChI is InChI=1S/C18H27N3O3/c1-18(2,3)24-17(23)19-13-16(22)20-14-7-9-15(10-8-14)21-11-5-4-6-12-21/h7-10H,4-6,11-13H2,1-3H3,(H,19,23)(H,20,22). The molecule has 0 saturated carbocycles. The summed E-state index contributed by atoms with van der Waals surface area (Å²) in [6, 6.07) is 7.80. The maximum Gasteiger partial charge on any atom is 0.408 e.